The largest absolute Gasteiger partial charge is 0.497 e. The molecular weight excluding hydrogens is 457 g/mol. The van der Waals surface area contributed by atoms with Crippen LogP contribution in [-0.4, -0.2) is 46.9 Å². The molecule has 3 aromatic rings. The lowest BCUT2D eigenvalue weighted by Gasteiger charge is -2.19. The molecule has 0 bridgehead atoms. The number of thioether (sulfide) groups is 1. The van der Waals surface area contributed by atoms with Gasteiger partial charge in [-0.05, 0) is 42.8 Å². The van der Waals surface area contributed by atoms with Gasteiger partial charge in [-0.15, -0.1) is 10.2 Å². The maximum absolute atomic E-state index is 12.2. The lowest BCUT2D eigenvalue weighted by Crippen LogP contribution is -2.37. The van der Waals surface area contributed by atoms with Crippen molar-refractivity contribution in [3.05, 3.63) is 63.9 Å². The Balaban J connectivity index is 1.97. The van der Waals surface area contributed by atoms with Crippen LogP contribution in [0.5, 0.6) is 5.75 Å². The molecule has 164 valence electrons. The number of aromatic nitrogens is 3. The van der Waals surface area contributed by atoms with E-state index < -0.39 is 6.04 Å². The molecule has 0 aliphatic rings. The van der Waals surface area contributed by atoms with Crippen LogP contribution in [0.4, 0.5) is 4.79 Å². The smallest absolute Gasteiger partial charge is 0.317 e. The number of methoxy groups -OCH3 is 1. The summed E-state index contributed by atoms with van der Waals surface area (Å²) in [7, 11) is 4.99. The van der Waals surface area contributed by atoms with Gasteiger partial charge in [-0.3, -0.25) is 4.57 Å². The molecule has 2 amide bonds. The normalized spacial score (nSPS) is 11.8. The van der Waals surface area contributed by atoms with E-state index in [0.717, 1.165) is 11.3 Å². The molecule has 0 radical (unpaired) electrons. The van der Waals surface area contributed by atoms with E-state index in [9.17, 15) is 4.79 Å². The van der Waals surface area contributed by atoms with Crippen molar-refractivity contribution in [1.29, 1.82) is 0 Å². The first kappa shape index (κ1) is 23.2. The van der Waals surface area contributed by atoms with Crippen molar-refractivity contribution < 1.29 is 9.53 Å². The summed E-state index contributed by atoms with van der Waals surface area (Å²) < 4.78 is 7.13. The summed E-state index contributed by atoms with van der Waals surface area (Å²) in [5.74, 6) is 1.98. The lowest BCUT2D eigenvalue weighted by atomic mass is 10.2. The monoisotopic (exact) mass is 479 g/mol. The summed E-state index contributed by atoms with van der Waals surface area (Å²) in [4.78, 5) is 13.6. The summed E-state index contributed by atoms with van der Waals surface area (Å²) >= 11 is 14.2. The van der Waals surface area contributed by atoms with Gasteiger partial charge >= 0.3 is 6.03 Å². The molecule has 0 aliphatic carbocycles. The first-order valence-electron chi connectivity index (χ1n) is 9.44. The number of carbonyl (C=O) groups is 1. The lowest BCUT2D eigenvalue weighted by molar-refractivity contribution is 0.213. The Morgan fingerprint density at radius 2 is 2.00 bits per heavy atom. The van der Waals surface area contributed by atoms with Gasteiger partial charge in [-0.2, -0.15) is 0 Å². The van der Waals surface area contributed by atoms with Crippen LogP contribution in [-0.2, 0) is 5.75 Å². The van der Waals surface area contributed by atoms with Crippen LogP contribution in [0.25, 0.3) is 5.69 Å². The van der Waals surface area contributed by atoms with Crippen LogP contribution in [0.2, 0.25) is 10.0 Å². The molecule has 7 nitrogen and oxygen atoms in total. The number of carbonyl (C=O) groups excluding carboxylic acids is 1. The minimum atomic E-state index is -0.413. The minimum absolute atomic E-state index is 0.232. The molecule has 0 saturated carbocycles. The highest BCUT2D eigenvalue weighted by Crippen LogP contribution is 2.32. The molecule has 1 aromatic heterocycles. The summed E-state index contributed by atoms with van der Waals surface area (Å²) in [5.41, 5.74) is 1.72. The molecule has 0 aliphatic heterocycles. The molecule has 3 rings (SSSR count). The van der Waals surface area contributed by atoms with Crippen LogP contribution in [0, 0.1) is 0 Å². The molecule has 0 saturated heterocycles. The zero-order valence-electron chi connectivity index (χ0n) is 17.6. The first-order chi connectivity index (χ1) is 14.8. The second-order valence-corrected chi connectivity index (χ2v) is 8.76. The summed E-state index contributed by atoms with van der Waals surface area (Å²) in [6.45, 7) is 1.84. The third kappa shape index (κ3) is 5.64. The van der Waals surface area contributed by atoms with Gasteiger partial charge in [-0.25, -0.2) is 4.79 Å². The fourth-order valence-electron chi connectivity index (χ4n) is 2.83. The topological polar surface area (TPSA) is 72.3 Å². The molecule has 1 atom stereocenters. The highest BCUT2D eigenvalue weighted by atomic mass is 35.5. The van der Waals surface area contributed by atoms with Crippen molar-refractivity contribution >= 4 is 41.0 Å². The van der Waals surface area contributed by atoms with Gasteiger partial charge in [0.1, 0.15) is 5.75 Å². The van der Waals surface area contributed by atoms with Crippen LogP contribution in [0.15, 0.2) is 47.6 Å². The number of hydrogen-bond acceptors (Lipinski definition) is 5. The van der Waals surface area contributed by atoms with Gasteiger partial charge in [-0.1, -0.05) is 47.1 Å². The van der Waals surface area contributed by atoms with Gasteiger partial charge in [0, 0.05) is 24.9 Å². The molecule has 31 heavy (non-hydrogen) atoms. The minimum Gasteiger partial charge on any atom is -0.497 e. The maximum Gasteiger partial charge on any atom is 0.317 e. The summed E-state index contributed by atoms with van der Waals surface area (Å²) in [5, 5.41) is 13.3. The first-order valence-corrected chi connectivity index (χ1v) is 11.2. The molecule has 0 spiro atoms. The van der Waals surface area contributed by atoms with Gasteiger partial charge < -0.3 is 15.0 Å². The Morgan fingerprint density at radius 3 is 2.71 bits per heavy atom. The van der Waals surface area contributed by atoms with Gasteiger partial charge in [0.05, 0.1) is 23.9 Å². The SMILES string of the molecule is COc1cccc(CSc2nnc(C(C)NC(=O)N(C)C)n2-c2cc(Cl)ccc2Cl)c1. The maximum atomic E-state index is 12.2. The zero-order chi connectivity index (χ0) is 22.5. The van der Waals surface area contributed by atoms with Crippen LogP contribution >= 0.6 is 35.0 Å². The van der Waals surface area contributed by atoms with E-state index in [0.29, 0.717) is 32.5 Å². The Morgan fingerprint density at radius 1 is 1.23 bits per heavy atom. The van der Waals surface area contributed by atoms with E-state index >= 15 is 0 Å². The van der Waals surface area contributed by atoms with Crippen LogP contribution in [0.1, 0.15) is 24.4 Å². The van der Waals surface area contributed by atoms with Crippen molar-refractivity contribution in [3.8, 4) is 11.4 Å². The number of rotatable bonds is 7. The molecule has 1 unspecified atom stereocenters. The number of amides is 2. The van der Waals surface area contributed by atoms with Crippen LogP contribution < -0.4 is 10.1 Å². The number of nitrogens with zero attached hydrogens (tertiary/aromatic N) is 4. The van der Waals surface area contributed by atoms with E-state index in [1.807, 2.05) is 35.8 Å². The Kier molecular flexibility index (Phi) is 7.69. The van der Waals surface area contributed by atoms with Crippen molar-refractivity contribution in [3.63, 3.8) is 0 Å². The highest BCUT2D eigenvalue weighted by Gasteiger charge is 2.23. The molecule has 1 heterocycles. The van der Waals surface area contributed by atoms with Gasteiger partial charge in [0.15, 0.2) is 11.0 Å². The number of hydrogen-bond donors (Lipinski definition) is 1. The third-order valence-electron chi connectivity index (χ3n) is 4.44. The van der Waals surface area contributed by atoms with Gasteiger partial charge in [0.2, 0.25) is 0 Å². The standard InChI is InChI=1S/C21H23Cl2N5O2S/c1-13(24-20(29)27(2)3)19-25-26-21(28(19)18-11-15(22)8-9-17(18)23)31-12-14-6-5-7-16(10-14)30-4/h5-11,13H,12H2,1-4H3,(H,24,29). The number of benzene rings is 2. The van der Waals surface area contributed by atoms with E-state index in [1.54, 1.807) is 39.4 Å². The molecule has 2 aromatic carbocycles. The van der Waals surface area contributed by atoms with Crippen molar-refractivity contribution in [2.45, 2.75) is 23.9 Å². The van der Waals surface area contributed by atoms with Crippen molar-refractivity contribution in [2.75, 3.05) is 21.2 Å². The Bertz CT molecular complexity index is 1070. The fourth-order valence-corrected chi connectivity index (χ4v) is 4.09. The Hall–Kier alpha value is -2.42. The number of nitrogens with one attached hydrogen (secondary N) is 1. The molecular formula is C21H23Cl2N5O2S. The number of halogens is 2. The van der Waals surface area contributed by atoms with Gasteiger partial charge in [0.25, 0.3) is 0 Å². The average molecular weight is 480 g/mol. The van der Waals surface area contributed by atoms with Crippen LogP contribution in [0.3, 0.4) is 0 Å². The summed E-state index contributed by atoms with van der Waals surface area (Å²) in [6.07, 6.45) is 0. The zero-order valence-corrected chi connectivity index (χ0v) is 19.9. The van der Waals surface area contributed by atoms with E-state index in [1.165, 1.54) is 16.7 Å². The van der Waals surface area contributed by atoms with E-state index in [4.69, 9.17) is 27.9 Å². The second-order valence-electron chi connectivity index (χ2n) is 6.98. The highest BCUT2D eigenvalue weighted by molar-refractivity contribution is 7.98. The average Bonchev–Trinajstić information content (AvgIpc) is 3.17. The molecule has 0 fully saturated rings. The predicted octanol–water partition coefficient (Wildman–Crippen LogP) is 5.21. The number of ether oxygens (including phenoxy) is 1. The Labute approximate surface area is 195 Å². The quantitative estimate of drug-likeness (QED) is 0.471. The van der Waals surface area contributed by atoms with Crippen molar-refractivity contribution in [1.82, 2.24) is 25.0 Å². The van der Waals surface area contributed by atoms with E-state index in [-0.39, 0.29) is 6.03 Å². The van der Waals surface area contributed by atoms with Crippen molar-refractivity contribution in [2.24, 2.45) is 0 Å². The predicted molar refractivity (Wildman–Crippen MR) is 125 cm³/mol. The molecule has 1 N–H and O–H groups in total. The fraction of sp³-hybridized carbons (Fsp3) is 0.286. The molecule has 10 heteroatoms. The number of urea groups is 1. The third-order valence-corrected chi connectivity index (χ3v) is 6.00. The summed E-state index contributed by atoms with van der Waals surface area (Å²) in [6, 6.07) is 12.4. The van der Waals surface area contributed by atoms with E-state index in [2.05, 4.69) is 15.5 Å². The second kappa shape index (κ2) is 10.3.